The van der Waals surface area contributed by atoms with Crippen LogP contribution in [-0.2, 0) is 0 Å². The molecular weight excluding hydrogens is 457 g/mol. The Hall–Kier alpha value is -3.41. The SMILES string of the molecule is COc1ccc2cc(C3CC(c4ccccc4Cl)=NN3C(=O)c3ccccc3)c(Cl)nc2c1. The summed E-state index contributed by atoms with van der Waals surface area (Å²) in [7, 11) is 1.61. The second-order valence-corrected chi connectivity index (χ2v) is 8.45. The molecule has 33 heavy (non-hydrogen) atoms. The zero-order valence-electron chi connectivity index (χ0n) is 17.7. The maximum atomic E-state index is 13.5. The summed E-state index contributed by atoms with van der Waals surface area (Å²) in [5.74, 6) is 0.485. The molecule has 0 aliphatic carbocycles. The van der Waals surface area contributed by atoms with Crippen molar-refractivity contribution in [3.63, 3.8) is 0 Å². The van der Waals surface area contributed by atoms with Crippen LogP contribution in [0.25, 0.3) is 10.9 Å². The van der Waals surface area contributed by atoms with Crippen molar-refractivity contribution < 1.29 is 9.53 Å². The molecule has 1 unspecified atom stereocenters. The van der Waals surface area contributed by atoms with Gasteiger partial charge in [0.1, 0.15) is 10.9 Å². The Bertz CT molecular complexity index is 1390. The number of hydrazone groups is 1. The molecule has 5 rings (SSSR count). The highest BCUT2D eigenvalue weighted by Crippen LogP contribution is 2.39. The van der Waals surface area contributed by atoms with E-state index < -0.39 is 6.04 Å². The van der Waals surface area contributed by atoms with E-state index in [9.17, 15) is 4.79 Å². The summed E-state index contributed by atoms with van der Waals surface area (Å²) in [6, 6.07) is 23.7. The summed E-state index contributed by atoms with van der Waals surface area (Å²) in [5.41, 5.74) is 3.50. The number of carbonyl (C=O) groups is 1. The molecule has 0 saturated carbocycles. The van der Waals surface area contributed by atoms with Crippen molar-refractivity contribution in [3.8, 4) is 5.75 Å². The van der Waals surface area contributed by atoms with Crippen LogP contribution in [0.1, 0.15) is 33.9 Å². The number of hydrogen-bond donors (Lipinski definition) is 0. The Morgan fingerprint density at radius 1 is 1.00 bits per heavy atom. The average Bonchev–Trinajstić information content (AvgIpc) is 3.28. The average molecular weight is 476 g/mol. The summed E-state index contributed by atoms with van der Waals surface area (Å²) in [5, 5.41) is 8.00. The lowest BCUT2D eigenvalue weighted by atomic mass is 9.98. The van der Waals surface area contributed by atoms with Gasteiger partial charge in [0.2, 0.25) is 0 Å². The van der Waals surface area contributed by atoms with Crippen molar-refractivity contribution in [2.75, 3.05) is 7.11 Å². The number of rotatable bonds is 4. The van der Waals surface area contributed by atoms with Crippen molar-refractivity contribution >= 4 is 45.7 Å². The monoisotopic (exact) mass is 475 g/mol. The highest BCUT2D eigenvalue weighted by atomic mass is 35.5. The van der Waals surface area contributed by atoms with E-state index in [1.165, 1.54) is 5.01 Å². The Labute approximate surface area is 201 Å². The first-order chi connectivity index (χ1) is 16.0. The molecular formula is C26H19Cl2N3O2. The van der Waals surface area contributed by atoms with E-state index in [4.69, 9.17) is 33.0 Å². The van der Waals surface area contributed by atoms with Gasteiger partial charge in [0.25, 0.3) is 5.91 Å². The fraction of sp³-hybridized carbons (Fsp3) is 0.115. The molecule has 1 aromatic heterocycles. The van der Waals surface area contributed by atoms with Gasteiger partial charge in [-0.05, 0) is 36.4 Å². The van der Waals surface area contributed by atoms with Crippen molar-refractivity contribution in [1.82, 2.24) is 9.99 Å². The van der Waals surface area contributed by atoms with E-state index in [1.807, 2.05) is 66.7 Å². The lowest BCUT2D eigenvalue weighted by molar-refractivity contribution is 0.0711. The molecule has 1 atom stereocenters. The van der Waals surface area contributed by atoms with Crippen LogP contribution in [0.3, 0.4) is 0 Å². The number of carbonyl (C=O) groups excluding carboxylic acids is 1. The van der Waals surface area contributed by atoms with Crippen molar-refractivity contribution in [1.29, 1.82) is 0 Å². The van der Waals surface area contributed by atoms with Crippen LogP contribution in [0.2, 0.25) is 10.2 Å². The van der Waals surface area contributed by atoms with Crippen LogP contribution in [-0.4, -0.2) is 28.7 Å². The molecule has 4 aromatic rings. The Morgan fingerprint density at radius 3 is 2.52 bits per heavy atom. The number of methoxy groups -OCH3 is 1. The standard InChI is InChI=1S/C26H19Cl2N3O2/c1-33-18-12-11-17-13-20(25(28)29-22(17)14-18)24-15-23(19-9-5-6-10-21(19)27)30-31(24)26(32)16-7-3-2-4-8-16/h2-14,24H,15H2,1H3. The van der Waals surface area contributed by atoms with Crippen molar-refractivity contribution in [2.24, 2.45) is 5.10 Å². The van der Waals surface area contributed by atoms with Gasteiger partial charge >= 0.3 is 0 Å². The van der Waals surface area contributed by atoms with Crippen LogP contribution < -0.4 is 4.74 Å². The van der Waals surface area contributed by atoms with Crippen LogP contribution in [0, 0.1) is 0 Å². The molecule has 3 aromatic carbocycles. The third kappa shape index (κ3) is 4.06. The second kappa shape index (κ2) is 8.85. The van der Waals surface area contributed by atoms with E-state index >= 15 is 0 Å². The fourth-order valence-corrected chi connectivity index (χ4v) is 4.53. The van der Waals surface area contributed by atoms with Crippen molar-refractivity contribution in [2.45, 2.75) is 12.5 Å². The molecule has 1 amide bonds. The van der Waals surface area contributed by atoms with Gasteiger partial charge in [0, 0.05) is 39.6 Å². The Kier molecular flexibility index (Phi) is 5.75. The van der Waals surface area contributed by atoms with Gasteiger partial charge in [0.15, 0.2) is 0 Å². The quantitative estimate of drug-likeness (QED) is 0.314. The number of benzene rings is 3. The summed E-state index contributed by atoms with van der Waals surface area (Å²) in [6.07, 6.45) is 0.464. The number of aromatic nitrogens is 1. The van der Waals surface area contributed by atoms with Gasteiger partial charge in [-0.3, -0.25) is 4.79 Å². The van der Waals surface area contributed by atoms with Crippen LogP contribution >= 0.6 is 23.2 Å². The van der Waals surface area contributed by atoms with E-state index in [1.54, 1.807) is 19.2 Å². The molecule has 0 fully saturated rings. The molecule has 2 heterocycles. The smallest absolute Gasteiger partial charge is 0.274 e. The van der Waals surface area contributed by atoms with E-state index in [0.29, 0.717) is 33.4 Å². The van der Waals surface area contributed by atoms with Crippen LogP contribution in [0.15, 0.2) is 84.0 Å². The van der Waals surface area contributed by atoms with Crippen molar-refractivity contribution in [3.05, 3.63) is 106 Å². The predicted octanol–water partition coefficient (Wildman–Crippen LogP) is 6.54. The molecule has 0 spiro atoms. The van der Waals surface area contributed by atoms with Gasteiger partial charge in [-0.1, -0.05) is 59.6 Å². The topological polar surface area (TPSA) is 54.8 Å². The number of pyridine rings is 1. The maximum Gasteiger partial charge on any atom is 0.274 e. The third-order valence-electron chi connectivity index (χ3n) is 5.69. The number of nitrogens with zero attached hydrogens (tertiary/aromatic N) is 3. The molecule has 164 valence electrons. The lowest BCUT2D eigenvalue weighted by Gasteiger charge is -2.23. The largest absolute Gasteiger partial charge is 0.497 e. The first-order valence-corrected chi connectivity index (χ1v) is 11.2. The Balaban J connectivity index is 1.61. The fourth-order valence-electron chi connectivity index (χ4n) is 4.01. The van der Waals surface area contributed by atoms with Crippen LogP contribution in [0.5, 0.6) is 5.75 Å². The maximum absolute atomic E-state index is 13.5. The summed E-state index contributed by atoms with van der Waals surface area (Å²) >= 11 is 13.1. The molecule has 1 aliphatic heterocycles. The number of halogens is 2. The van der Waals surface area contributed by atoms with Gasteiger partial charge in [0.05, 0.1) is 24.4 Å². The first-order valence-electron chi connectivity index (χ1n) is 10.4. The Morgan fingerprint density at radius 2 is 1.76 bits per heavy atom. The zero-order valence-corrected chi connectivity index (χ0v) is 19.2. The zero-order chi connectivity index (χ0) is 22.9. The van der Waals surface area contributed by atoms with E-state index in [2.05, 4.69) is 4.98 Å². The molecule has 7 heteroatoms. The number of ether oxygens (including phenoxy) is 1. The third-order valence-corrected chi connectivity index (χ3v) is 6.32. The summed E-state index contributed by atoms with van der Waals surface area (Å²) < 4.78 is 5.30. The van der Waals surface area contributed by atoms with Gasteiger partial charge in [-0.25, -0.2) is 9.99 Å². The van der Waals surface area contributed by atoms with Gasteiger partial charge in [-0.2, -0.15) is 5.10 Å². The van der Waals surface area contributed by atoms with Gasteiger partial charge < -0.3 is 4.74 Å². The highest BCUT2D eigenvalue weighted by molar-refractivity contribution is 6.34. The molecule has 0 radical (unpaired) electrons. The minimum atomic E-state index is -0.421. The normalized spacial score (nSPS) is 15.5. The molecule has 0 saturated heterocycles. The highest BCUT2D eigenvalue weighted by Gasteiger charge is 2.36. The molecule has 1 aliphatic rings. The minimum Gasteiger partial charge on any atom is -0.497 e. The summed E-state index contributed by atoms with van der Waals surface area (Å²) in [6.45, 7) is 0. The number of fused-ring (bicyclic) bond motifs is 1. The first kappa shape index (κ1) is 21.4. The number of hydrogen-bond acceptors (Lipinski definition) is 4. The molecule has 5 nitrogen and oxygen atoms in total. The predicted molar refractivity (Wildman–Crippen MR) is 131 cm³/mol. The minimum absolute atomic E-state index is 0.214. The van der Waals surface area contributed by atoms with Gasteiger partial charge in [-0.15, -0.1) is 0 Å². The molecule has 0 bridgehead atoms. The van der Waals surface area contributed by atoms with E-state index in [-0.39, 0.29) is 5.91 Å². The second-order valence-electron chi connectivity index (χ2n) is 7.69. The summed E-state index contributed by atoms with van der Waals surface area (Å²) in [4.78, 5) is 18.0. The lowest BCUT2D eigenvalue weighted by Crippen LogP contribution is -2.27. The van der Waals surface area contributed by atoms with Crippen LogP contribution in [0.4, 0.5) is 0 Å². The van der Waals surface area contributed by atoms with E-state index in [0.717, 1.165) is 22.2 Å². The number of amides is 1. The molecule has 0 N–H and O–H groups in total.